The summed E-state index contributed by atoms with van der Waals surface area (Å²) in [6, 6.07) is 7.10. The Morgan fingerprint density at radius 1 is 1.41 bits per heavy atom. The summed E-state index contributed by atoms with van der Waals surface area (Å²) < 4.78 is 5.43. The fraction of sp³-hybridized carbons (Fsp3) is 0.417. The van der Waals surface area contributed by atoms with Gasteiger partial charge in [-0.1, -0.05) is 0 Å². The third-order valence-electron chi connectivity index (χ3n) is 2.50. The van der Waals surface area contributed by atoms with Crippen molar-refractivity contribution in [1.82, 2.24) is 5.06 Å². The van der Waals surface area contributed by atoms with Gasteiger partial charge >= 0.3 is 0 Å². The molecule has 2 N–H and O–H groups in total. The average molecular weight is 236 g/mol. The summed E-state index contributed by atoms with van der Waals surface area (Å²) in [5.41, 5.74) is 6.25. The standard InChI is InChI=1S/C12H16N2O3/c13-10-2-4-11(5-3-10)16-9-6-12(15)14-7-1-8-17-14/h2-5H,1,6-9,13H2. The average Bonchev–Trinajstić information content (AvgIpc) is 2.85. The van der Waals surface area contributed by atoms with Crippen LogP contribution in [0.1, 0.15) is 12.8 Å². The molecule has 1 aromatic rings. The molecule has 2 rings (SSSR count). The van der Waals surface area contributed by atoms with E-state index < -0.39 is 0 Å². The zero-order valence-corrected chi connectivity index (χ0v) is 9.59. The number of rotatable bonds is 4. The van der Waals surface area contributed by atoms with Crippen molar-refractivity contribution in [3.05, 3.63) is 24.3 Å². The lowest BCUT2D eigenvalue weighted by atomic mass is 10.3. The summed E-state index contributed by atoms with van der Waals surface area (Å²) in [5, 5.41) is 1.41. The predicted octanol–water partition coefficient (Wildman–Crippen LogP) is 1.20. The third kappa shape index (κ3) is 3.35. The zero-order valence-electron chi connectivity index (χ0n) is 9.59. The van der Waals surface area contributed by atoms with Crippen molar-refractivity contribution >= 4 is 11.6 Å². The summed E-state index contributed by atoms with van der Waals surface area (Å²) in [6.07, 6.45) is 1.23. The van der Waals surface area contributed by atoms with Crippen LogP contribution in [0, 0.1) is 0 Å². The van der Waals surface area contributed by atoms with Crippen molar-refractivity contribution in [2.75, 3.05) is 25.5 Å². The highest BCUT2D eigenvalue weighted by atomic mass is 16.7. The third-order valence-corrected chi connectivity index (χ3v) is 2.50. The van der Waals surface area contributed by atoms with Crippen LogP contribution in [0.5, 0.6) is 5.75 Å². The molecule has 5 heteroatoms. The summed E-state index contributed by atoms with van der Waals surface area (Å²) >= 11 is 0. The number of carbonyl (C=O) groups excluding carboxylic acids is 1. The van der Waals surface area contributed by atoms with Crippen molar-refractivity contribution in [2.45, 2.75) is 12.8 Å². The Hall–Kier alpha value is -1.75. The molecule has 0 unspecified atom stereocenters. The van der Waals surface area contributed by atoms with Crippen LogP contribution >= 0.6 is 0 Å². The number of anilines is 1. The monoisotopic (exact) mass is 236 g/mol. The second kappa shape index (κ2) is 5.54. The number of carbonyl (C=O) groups is 1. The van der Waals surface area contributed by atoms with Crippen LogP contribution in [-0.2, 0) is 9.63 Å². The minimum Gasteiger partial charge on any atom is -0.493 e. The van der Waals surface area contributed by atoms with Gasteiger partial charge in [0.15, 0.2) is 0 Å². The van der Waals surface area contributed by atoms with Crippen LogP contribution in [0.15, 0.2) is 24.3 Å². The zero-order chi connectivity index (χ0) is 12.1. The molecule has 1 fully saturated rings. The molecule has 0 bridgehead atoms. The Kier molecular flexibility index (Phi) is 3.82. The summed E-state index contributed by atoms with van der Waals surface area (Å²) in [6.45, 7) is 1.66. The van der Waals surface area contributed by atoms with E-state index in [2.05, 4.69) is 0 Å². The normalized spacial score (nSPS) is 14.9. The maximum Gasteiger partial charge on any atom is 0.249 e. The highest BCUT2D eigenvalue weighted by Gasteiger charge is 2.18. The van der Waals surface area contributed by atoms with Gasteiger partial charge in [0.2, 0.25) is 5.91 Å². The van der Waals surface area contributed by atoms with Crippen LogP contribution in [0.3, 0.4) is 0 Å². The summed E-state index contributed by atoms with van der Waals surface area (Å²) in [5.74, 6) is 0.687. The number of amides is 1. The number of hydrogen-bond donors (Lipinski definition) is 1. The van der Waals surface area contributed by atoms with Crippen molar-refractivity contribution in [2.24, 2.45) is 0 Å². The van der Waals surface area contributed by atoms with E-state index in [-0.39, 0.29) is 5.91 Å². The van der Waals surface area contributed by atoms with Crippen molar-refractivity contribution in [1.29, 1.82) is 0 Å². The fourth-order valence-corrected chi connectivity index (χ4v) is 1.59. The van der Waals surface area contributed by atoms with Crippen LogP contribution in [0.25, 0.3) is 0 Å². The molecule has 5 nitrogen and oxygen atoms in total. The predicted molar refractivity (Wildman–Crippen MR) is 63.2 cm³/mol. The number of nitrogen functional groups attached to an aromatic ring is 1. The second-order valence-corrected chi connectivity index (χ2v) is 3.85. The van der Waals surface area contributed by atoms with Gasteiger partial charge < -0.3 is 10.5 Å². The Bertz CT molecular complexity index is 372. The first-order chi connectivity index (χ1) is 8.25. The van der Waals surface area contributed by atoms with Crippen LogP contribution in [0.2, 0.25) is 0 Å². The maximum atomic E-state index is 11.6. The lowest BCUT2D eigenvalue weighted by Gasteiger charge is -2.13. The Labute approximate surface area is 100 Å². The quantitative estimate of drug-likeness (QED) is 0.798. The molecule has 1 heterocycles. The van der Waals surface area contributed by atoms with E-state index in [4.69, 9.17) is 15.3 Å². The SMILES string of the molecule is Nc1ccc(OCCC(=O)N2CCCO2)cc1. The van der Waals surface area contributed by atoms with Gasteiger partial charge in [0.25, 0.3) is 0 Å². The van der Waals surface area contributed by atoms with E-state index in [0.29, 0.717) is 37.6 Å². The van der Waals surface area contributed by atoms with Gasteiger partial charge in [0, 0.05) is 5.69 Å². The molecule has 17 heavy (non-hydrogen) atoms. The van der Waals surface area contributed by atoms with Crippen molar-refractivity contribution in [3.8, 4) is 5.75 Å². The van der Waals surface area contributed by atoms with E-state index in [1.165, 1.54) is 5.06 Å². The van der Waals surface area contributed by atoms with Gasteiger partial charge in [-0.15, -0.1) is 0 Å². The van der Waals surface area contributed by atoms with E-state index >= 15 is 0 Å². The molecule has 1 aromatic carbocycles. The minimum absolute atomic E-state index is 0.0297. The molecule has 1 aliphatic rings. The molecule has 0 aliphatic carbocycles. The Morgan fingerprint density at radius 3 is 2.82 bits per heavy atom. The largest absolute Gasteiger partial charge is 0.493 e. The smallest absolute Gasteiger partial charge is 0.249 e. The number of benzene rings is 1. The lowest BCUT2D eigenvalue weighted by molar-refractivity contribution is -0.169. The first-order valence-corrected chi connectivity index (χ1v) is 5.67. The molecule has 0 aromatic heterocycles. The van der Waals surface area contributed by atoms with Gasteiger partial charge in [0.05, 0.1) is 26.2 Å². The van der Waals surface area contributed by atoms with E-state index in [0.717, 1.165) is 6.42 Å². The molecule has 92 valence electrons. The van der Waals surface area contributed by atoms with Gasteiger partial charge in [-0.25, -0.2) is 5.06 Å². The van der Waals surface area contributed by atoms with Crippen LogP contribution < -0.4 is 10.5 Å². The van der Waals surface area contributed by atoms with E-state index in [1.54, 1.807) is 24.3 Å². The van der Waals surface area contributed by atoms with Crippen molar-refractivity contribution < 1.29 is 14.4 Å². The number of ether oxygens (including phenoxy) is 1. The molecule has 1 saturated heterocycles. The van der Waals surface area contributed by atoms with Crippen LogP contribution in [0.4, 0.5) is 5.69 Å². The van der Waals surface area contributed by atoms with E-state index in [1.807, 2.05) is 0 Å². The van der Waals surface area contributed by atoms with Crippen molar-refractivity contribution in [3.63, 3.8) is 0 Å². The molecule has 0 radical (unpaired) electrons. The first kappa shape index (κ1) is 11.7. The van der Waals surface area contributed by atoms with Gasteiger partial charge in [-0.05, 0) is 30.7 Å². The molecule has 1 amide bonds. The first-order valence-electron chi connectivity index (χ1n) is 5.67. The minimum atomic E-state index is -0.0297. The second-order valence-electron chi connectivity index (χ2n) is 3.85. The molecule has 1 aliphatic heterocycles. The Morgan fingerprint density at radius 2 is 2.18 bits per heavy atom. The number of hydroxylamine groups is 2. The number of nitrogens with two attached hydrogens (primary N) is 1. The van der Waals surface area contributed by atoms with Crippen LogP contribution in [-0.4, -0.2) is 30.7 Å². The highest BCUT2D eigenvalue weighted by molar-refractivity contribution is 5.75. The maximum absolute atomic E-state index is 11.6. The van der Waals surface area contributed by atoms with Gasteiger partial charge in [-0.3, -0.25) is 9.63 Å². The molecular weight excluding hydrogens is 220 g/mol. The van der Waals surface area contributed by atoms with Gasteiger partial charge in [0.1, 0.15) is 5.75 Å². The highest BCUT2D eigenvalue weighted by Crippen LogP contribution is 2.13. The molecular formula is C12H16N2O3. The fourth-order valence-electron chi connectivity index (χ4n) is 1.59. The van der Waals surface area contributed by atoms with E-state index in [9.17, 15) is 4.79 Å². The lowest BCUT2D eigenvalue weighted by Crippen LogP contribution is -2.27. The van der Waals surface area contributed by atoms with Gasteiger partial charge in [-0.2, -0.15) is 0 Å². The molecule has 0 saturated carbocycles. The molecule has 0 atom stereocenters. The molecule has 0 spiro atoms. The summed E-state index contributed by atoms with van der Waals surface area (Å²) in [7, 11) is 0. The number of nitrogens with zero attached hydrogens (tertiary/aromatic N) is 1. The topological polar surface area (TPSA) is 64.8 Å². The Balaban J connectivity index is 1.72. The summed E-state index contributed by atoms with van der Waals surface area (Å²) in [4.78, 5) is 16.7. The number of hydrogen-bond acceptors (Lipinski definition) is 4.